The zero-order chi connectivity index (χ0) is 13.9. The van der Waals surface area contributed by atoms with Gasteiger partial charge in [0.15, 0.2) is 0 Å². The predicted octanol–water partition coefficient (Wildman–Crippen LogP) is 1.72. The van der Waals surface area contributed by atoms with E-state index in [2.05, 4.69) is 5.32 Å². The summed E-state index contributed by atoms with van der Waals surface area (Å²) in [6, 6.07) is 4.28. The lowest BCUT2D eigenvalue weighted by molar-refractivity contribution is 0.469. The fraction of sp³-hybridized carbons (Fsp3) is 0.538. The fourth-order valence-corrected chi connectivity index (χ4v) is 3.82. The summed E-state index contributed by atoms with van der Waals surface area (Å²) in [5.74, 6) is -0.674. The molecule has 1 heterocycles. The summed E-state index contributed by atoms with van der Waals surface area (Å²) in [6.45, 7) is 4.26. The molecule has 19 heavy (non-hydrogen) atoms. The van der Waals surface area contributed by atoms with Crippen LogP contribution in [-0.2, 0) is 16.6 Å². The van der Waals surface area contributed by atoms with Gasteiger partial charge in [0.25, 0.3) is 0 Å². The number of halogens is 1. The van der Waals surface area contributed by atoms with Gasteiger partial charge >= 0.3 is 0 Å². The first-order valence-electron chi connectivity index (χ1n) is 6.55. The lowest BCUT2D eigenvalue weighted by atomic mass is 10.2. The van der Waals surface area contributed by atoms with Crippen LogP contribution in [0.1, 0.15) is 25.3 Å². The SMILES string of the molecule is CCNCc1ccc(F)c(S(=O)(=O)N2CCCC2)c1. The second-order valence-corrected chi connectivity index (χ2v) is 6.56. The molecular formula is C13H19FN2O2S. The average molecular weight is 286 g/mol. The van der Waals surface area contributed by atoms with Gasteiger partial charge in [-0.05, 0) is 37.1 Å². The molecule has 0 spiro atoms. The Morgan fingerprint density at radius 3 is 2.63 bits per heavy atom. The number of benzene rings is 1. The van der Waals surface area contributed by atoms with Crippen molar-refractivity contribution in [1.82, 2.24) is 9.62 Å². The topological polar surface area (TPSA) is 49.4 Å². The molecule has 1 aliphatic rings. The molecule has 1 fully saturated rings. The maximum Gasteiger partial charge on any atom is 0.245 e. The fourth-order valence-electron chi connectivity index (χ4n) is 2.19. The van der Waals surface area contributed by atoms with Crippen LogP contribution in [0.3, 0.4) is 0 Å². The Morgan fingerprint density at radius 1 is 1.32 bits per heavy atom. The first kappa shape index (κ1) is 14.4. The molecule has 1 aliphatic heterocycles. The van der Waals surface area contributed by atoms with Gasteiger partial charge in [0.2, 0.25) is 10.0 Å². The van der Waals surface area contributed by atoms with Gasteiger partial charge in [0.1, 0.15) is 10.7 Å². The zero-order valence-corrected chi connectivity index (χ0v) is 11.8. The molecule has 1 aromatic carbocycles. The van der Waals surface area contributed by atoms with Crippen LogP contribution in [0.15, 0.2) is 23.1 Å². The van der Waals surface area contributed by atoms with Gasteiger partial charge in [-0.2, -0.15) is 4.31 Å². The molecule has 106 valence electrons. The van der Waals surface area contributed by atoms with Crippen LogP contribution >= 0.6 is 0 Å². The molecule has 0 unspecified atom stereocenters. The maximum absolute atomic E-state index is 13.8. The summed E-state index contributed by atoms with van der Waals surface area (Å²) in [5.41, 5.74) is 0.779. The minimum absolute atomic E-state index is 0.204. The standard InChI is InChI=1S/C13H19FN2O2S/c1-2-15-10-11-5-6-12(14)13(9-11)19(17,18)16-7-3-4-8-16/h5-6,9,15H,2-4,7-8,10H2,1H3. The van der Waals surface area contributed by atoms with Gasteiger partial charge in [0.05, 0.1) is 0 Å². The lowest BCUT2D eigenvalue weighted by Gasteiger charge is -2.16. The highest BCUT2D eigenvalue weighted by Crippen LogP contribution is 2.24. The molecule has 6 heteroatoms. The molecule has 4 nitrogen and oxygen atoms in total. The van der Waals surface area contributed by atoms with E-state index in [1.54, 1.807) is 6.07 Å². The normalized spacial score (nSPS) is 16.9. The van der Waals surface area contributed by atoms with Crippen molar-refractivity contribution < 1.29 is 12.8 Å². The molecule has 0 radical (unpaired) electrons. The van der Waals surface area contributed by atoms with Crippen molar-refractivity contribution in [3.63, 3.8) is 0 Å². The van der Waals surface area contributed by atoms with Gasteiger partial charge in [0, 0.05) is 19.6 Å². The van der Waals surface area contributed by atoms with Crippen LogP contribution in [0.25, 0.3) is 0 Å². The van der Waals surface area contributed by atoms with Crippen molar-refractivity contribution in [2.45, 2.75) is 31.2 Å². The third-order valence-corrected chi connectivity index (χ3v) is 5.17. The third-order valence-electron chi connectivity index (χ3n) is 3.26. The Bertz CT molecular complexity index is 540. The van der Waals surface area contributed by atoms with E-state index in [4.69, 9.17) is 0 Å². The number of hydrogen-bond donors (Lipinski definition) is 1. The van der Waals surface area contributed by atoms with Gasteiger partial charge in [-0.15, -0.1) is 0 Å². The molecule has 0 aromatic heterocycles. The predicted molar refractivity (Wildman–Crippen MR) is 71.8 cm³/mol. The van der Waals surface area contributed by atoms with Crippen LogP contribution in [0, 0.1) is 5.82 Å². The average Bonchev–Trinajstić information content (AvgIpc) is 2.92. The van der Waals surface area contributed by atoms with E-state index in [0.717, 1.165) is 24.9 Å². The van der Waals surface area contributed by atoms with Gasteiger partial charge in [-0.1, -0.05) is 13.0 Å². The Morgan fingerprint density at radius 2 is 2.00 bits per heavy atom. The van der Waals surface area contributed by atoms with Crippen LogP contribution in [0.2, 0.25) is 0 Å². The smallest absolute Gasteiger partial charge is 0.245 e. The van der Waals surface area contributed by atoms with E-state index >= 15 is 0 Å². The summed E-state index contributed by atoms with van der Waals surface area (Å²) >= 11 is 0. The first-order valence-corrected chi connectivity index (χ1v) is 7.99. The van der Waals surface area contributed by atoms with E-state index in [-0.39, 0.29) is 4.90 Å². The largest absolute Gasteiger partial charge is 0.313 e. The minimum Gasteiger partial charge on any atom is -0.313 e. The lowest BCUT2D eigenvalue weighted by Crippen LogP contribution is -2.28. The molecule has 1 saturated heterocycles. The Labute approximate surface area is 113 Å². The summed E-state index contributed by atoms with van der Waals surface area (Å²) in [4.78, 5) is -0.204. The maximum atomic E-state index is 13.8. The van der Waals surface area contributed by atoms with Crippen molar-refractivity contribution in [3.8, 4) is 0 Å². The van der Waals surface area contributed by atoms with Crippen molar-refractivity contribution in [3.05, 3.63) is 29.6 Å². The summed E-state index contributed by atoms with van der Waals surface area (Å²) in [5, 5.41) is 3.10. The second-order valence-electron chi connectivity index (χ2n) is 4.66. The number of rotatable bonds is 5. The van der Waals surface area contributed by atoms with Crippen molar-refractivity contribution in [1.29, 1.82) is 0 Å². The van der Waals surface area contributed by atoms with Gasteiger partial charge in [-0.3, -0.25) is 0 Å². The molecule has 1 N–H and O–H groups in total. The van der Waals surface area contributed by atoms with E-state index in [1.165, 1.54) is 16.4 Å². The number of hydrogen-bond acceptors (Lipinski definition) is 3. The first-order chi connectivity index (χ1) is 9.05. The highest BCUT2D eigenvalue weighted by molar-refractivity contribution is 7.89. The monoisotopic (exact) mass is 286 g/mol. The van der Waals surface area contributed by atoms with Gasteiger partial charge in [-0.25, -0.2) is 12.8 Å². The molecule has 0 aliphatic carbocycles. The van der Waals surface area contributed by atoms with Crippen LogP contribution in [-0.4, -0.2) is 32.4 Å². The van der Waals surface area contributed by atoms with E-state index < -0.39 is 15.8 Å². The molecule has 0 saturated carbocycles. The third kappa shape index (κ3) is 3.13. The second kappa shape index (κ2) is 5.98. The molecule has 1 aromatic rings. The Kier molecular flexibility index (Phi) is 4.54. The van der Waals surface area contributed by atoms with E-state index in [9.17, 15) is 12.8 Å². The molecule has 0 atom stereocenters. The highest BCUT2D eigenvalue weighted by atomic mass is 32.2. The molecule has 0 bridgehead atoms. The van der Waals surface area contributed by atoms with E-state index in [1.807, 2.05) is 6.92 Å². The number of nitrogens with zero attached hydrogens (tertiary/aromatic N) is 1. The van der Waals surface area contributed by atoms with Gasteiger partial charge < -0.3 is 5.32 Å². The van der Waals surface area contributed by atoms with Crippen LogP contribution < -0.4 is 5.32 Å². The van der Waals surface area contributed by atoms with Crippen molar-refractivity contribution in [2.75, 3.05) is 19.6 Å². The molecular weight excluding hydrogens is 267 g/mol. The summed E-state index contributed by atoms with van der Waals surface area (Å²) < 4.78 is 39.9. The molecule has 2 rings (SSSR count). The van der Waals surface area contributed by atoms with Crippen molar-refractivity contribution in [2.24, 2.45) is 0 Å². The van der Waals surface area contributed by atoms with Crippen molar-refractivity contribution >= 4 is 10.0 Å². The van der Waals surface area contributed by atoms with Crippen LogP contribution in [0.5, 0.6) is 0 Å². The number of nitrogens with one attached hydrogen (secondary N) is 1. The zero-order valence-electron chi connectivity index (χ0n) is 11.0. The summed E-state index contributed by atoms with van der Waals surface area (Å²) in [7, 11) is -3.69. The Balaban J connectivity index is 2.31. The Hall–Kier alpha value is -0.980. The van der Waals surface area contributed by atoms with E-state index in [0.29, 0.717) is 19.6 Å². The number of sulfonamides is 1. The summed E-state index contributed by atoms with van der Waals surface area (Å²) in [6.07, 6.45) is 1.69. The highest BCUT2D eigenvalue weighted by Gasteiger charge is 2.29. The molecule has 0 amide bonds. The quantitative estimate of drug-likeness (QED) is 0.896. The minimum atomic E-state index is -3.69. The van der Waals surface area contributed by atoms with Crippen LogP contribution in [0.4, 0.5) is 4.39 Å².